The molecule has 1 aliphatic carbocycles. The third-order valence-corrected chi connectivity index (χ3v) is 6.87. The van der Waals surface area contributed by atoms with E-state index in [1.54, 1.807) is 0 Å². The number of thiocarbonyl (C=S) groups is 1. The second kappa shape index (κ2) is 7.93. The van der Waals surface area contributed by atoms with Gasteiger partial charge in [0.2, 0.25) is 0 Å². The summed E-state index contributed by atoms with van der Waals surface area (Å²) in [5.41, 5.74) is 8.07. The molecule has 3 atom stereocenters. The van der Waals surface area contributed by atoms with E-state index in [1.165, 1.54) is 38.8 Å². The van der Waals surface area contributed by atoms with Crippen LogP contribution < -0.4 is 11.1 Å². The van der Waals surface area contributed by atoms with Crippen molar-refractivity contribution in [3.05, 3.63) is 35.4 Å². The minimum Gasteiger partial charge on any atom is -0.375 e. The minimum atomic E-state index is 0.135. The number of ether oxygens (including phenoxy) is 1. The number of nitrogens with one attached hydrogen (secondary N) is 1. The fourth-order valence-corrected chi connectivity index (χ4v) is 5.31. The highest BCUT2D eigenvalue weighted by molar-refractivity contribution is 7.80. The number of nitrogens with zero attached hydrogens (tertiary/aromatic N) is 1. The Hall–Kier alpha value is -1.01. The maximum absolute atomic E-state index is 6.24. The van der Waals surface area contributed by atoms with E-state index in [9.17, 15) is 0 Å². The molecule has 4 rings (SSSR count). The lowest BCUT2D eigenvalue weighted by atomic mass is 9.76. The Labute approximate surface area is 162 Å². The highest BCUT2D eigenvalue weighted by Crippen LogP contribution is 2.41. The molecule has 142 valence electrons. The summed E-state index contributed by atoms with van der Waals surface area (Å²) in [6.45, 7) is 3.95. The van der Waals surface area contributed by atoms with Crippen molar-refractivity contribution in [3.8, 4) is 0 Å². The summed E-state index contributed by atoms with van der Waals surface area (Å²) in [6, 6.07) is 9.28. The lowest BCUT2D eigenvalue weighted by molar-refractivity contribution is -0.0555. The number of hydrogen-bond donors (Lipinski definition) is 2. The van der Waals surface area contributed by atoms with E-state index < -0.39 is 0 Å². The minimum absolute atomic E-state index is 0.135. The second-order valence-electron chi connectivity index (χ2n) is 8.17. The van der Waals surface area contributed by atoms with Crippen LogP contribution in [0.4, 0.5) is 0 Å². The fraction of sp³-hybridized carbons (Fsp3) is 0.667. The van der Waals surface area contributed by atoms with E-state index in [-0.39, 0.29) is 5.60 Å². The largest absolute Gasteiger partial charge is 0.375 e. The highest BCUT2D eigenvalue weighted by Gasteiger charge is 2.46. The van der Waals surface area contributed by atoms with Gasteiger partial charge in [0.1, 0.15) is 4.99 Å². The molecule has 5 heteroatoms. The summed E-state index contributed by atoms with van der Waals surface area (Å²) in [5, 5.41) is 3.71. The average molecular weight is 374 g/mol. The average Bonchev–Trinajstić information content (AvgIpc) is 3.36. The molecule has 2 saturated heterocycles. The molecule has 1 saturated carbocycles. The van der Waals surface area contributed by atoms with Crippen LogP contribution >= 0.6 is 12.2 Å². The molecule has 1 aromatic rings. The van der Waals surface area contributed by atoms with E-state index in [4.69, 9.17) is 22.7 Å². The van der Waals surface area contributed by atoms with Gasteiger partial charge in [0, 0.05) is 30.8 Å². The zero-order valence-corrected chi connectivity index (χ0v) is 16.4. The summed E-state index contributed by atoms with van der Waals surface area (Å²) < 4.78 is 6.24. The molecular weight excluding hydrogens is 342 g/mol. The van der Waals surface area contributed by atoms with E-state index in [1.807, 2.05) is 0 Å². The van der Waals surface area contributed by atoms with Crippen molar-refractivity contribution in [2.75, 3.05) is 19.7 Å². The van der Waals surface area contributed by atoms with Crippen molar-refractivity contribution >= 4 is 17.2 Å². The Bertz CT molecular complexity index is 621. The van der Waals surface area contributed by atoms with Crippen molar-refractivity contribution < 1.29 is 4.74 Å². The normalized spacial score (nSPS) is 32.2. The predicted octanol–water partition coefficient (Wildman–Crippen LogP) is 2.98. The number of benzene rings is 1. The van der Waals surface area contributed by atoms with Crippen LogP contribution in [0.5, 0.6) is 0 Å². The van der Waals surface area contributed by atoms with Gasteiger partial charge in [-0.1, -0.05) is 36.5 Å². The van der Waals surface area contributed by atoms with Crippen LogP contribution in [-0.2, 0) is 11.3 Å². The molecule has 4 nitrogen and oxygen atoms in total. The highest BCUT2D eigenvalue weighted by atomic mass is 32.1. The van der Waals surface area contributed by atoms with Gasteiger partial charge in [0.15, 0.2) is 0 Å². The molecule has 2 heterocycles. The Morgan fingerprint density at radius 3 is 2.62 bits per heavy atom. The molecule has 0 bridgehead atoms. The lowest BCUT2D eigenvalue weighted by Crippen LogP contribution is -2.57. The molecular formula is C21H31N3OS. The number of nitrogens with two attached hydrogens (primary N) is 1. The summed E-state index contributed by atoms with van der Waals surface area (Å²) in [6.07, 6.45) is 8.54. The van der Waals surface area contributed by atoms with Crippen LogP contribution in [0.3, 0.4) is 0 Å². The molecule has 1 spiro atoms. The van der Waals surface area contributed by atoms with Crippen LogP contribution in [-0.4, -0.2) is 47.3 Å². The second-order valence-corrected chi connectivity index (χ2v) is 8.58. The molecule has 2 aliphatic heterocycles. The van der Waals surface area contributed by atoms with E-state index >= 15 is 0 Å². The molecule has 0 radical (unpaired) electrons. The molecule has 3 unspecified atom stereocenters. The summed E-state index contributed by atoms with van der Waals surface area (Å²) in [4.78, 5) is 3.55. The summed E-state index contributed by atoms with van der Waals surface area (Å²) in [5.74, 6) is 0. The fourth-order valence-electron chi connectivity index (χ4n) is 5.02. The molecule has 3 N–H and O–H groups in total. The van der Waals surface area contributed by atoms with Gasteiger partial charge in [-0.15, -0.1) is 0 Å². The Morgan fingerprint density at radius 1 is 1.19 bits per heavy atom. The van der Waals surface area contributed by atoms with E-state index in [0.29, 0.717) is 18.6 Å². The van der Waals surface area contributed by atoms with Crippen molar-refractivity contribution in [1.82, 2.24) is 10.2 Å². The van der Waals surface area contributed by atoms with Crippen molar-refractivity contribution in [2.45, 2.75) is 69.2 Å². The van der Waals surface area contributed by atoms with Gasteiger partial charge < -0.3 is 15.8 Å². The van der Waals surface area contributed by atoms with Gasteiger partial charge in [-0.2, -0.15) is 0 Å². The molecule has 0 aromatic heterocycles. The lowest BCUT2D eigenvalue weighted by Gasteiger charge is -2.46. The monoisotopic (exact) mass is 373 g/mol. The first-order valence-corrected chi connectivity index (χ1v) is 10.6. The van der Waals surface area contributed by atoms with Gasteiger partial charge in [0.25, 0.3) is 0 Å². The van der Waals surface area contributed by atoms with Crippen molar-refractivity contribution in [2.24, 2.45) is 5.73 Å². The zero-order chi connectivity index (χ0) is 18.0. The SMILES string of the molecule is NCc1ccc(C(=S)NC2CCC3(CCCO3)CC2N2CCCC2)cc1. The summed E-state index contributed by atoms with van der Waals surface area (Å²) in [7, 11) is 0. The Kier molecular flexibility index (Phi) is 5.60. The zero-order valence-electron chi connectivity index (χ0n) is 15.6. The summed E-state index contributed by atoms with van der Waals surface area (Å²) >= 11 is 5.74. The predicted molar refractivity (Wildman–Crippen MR) is 109 cm³/mol. The molecule has 3 aliphatic rings. The smallest absolute Gasteiger partial charge is 0.106 e. The number of likely N-dealkylation sites (tertiary alicyclic amines) is 1. The van der Waals surface area contributed by atoms with Crippen LogP contribution in [0.1, 0.15) is 56.1 Å². The Morgan fingerprint density at radius 2 is 1.96 bits per heavy atom. The van der Waals surface area contributed by atoms with Crippen LogP contribution in [0.15, 0.2) is 24.3 Å². The van der Waals surface area contributed by atoms with E-state index in [0.717, 1.165) is 42.0 Å². The maximum Gasteiger partial charge on any atom is 0.106 e. The van der Waals surface area contributed by atoms with Crippen molar-refractivity contribution in [3.63, 3.8) is 0 Å². The van der Waals surface area contributed by atoms with Crippen molar-refractivity contribution in [1.29, 1.82) is 0 Å². The van der Waals surface area contributed by atoms with Gasteiger partial charge in [-0.3, -0.25) is 4.90 Å². The van der Waals surface area contributed by atoms with Gasteiger partial charge in [-0.05, 0) is 63.6 Å². The van der Waals surface area contributed by atoms with Crippen LogP contribution in [0.2, 0.25) is 0 Å². The first kappa shape index (κ1) is 18.4. The van der Waals surface area contributed by atoms with Gasteiger partial charge >= 0.3 is 0 Å². The molecule has 26 heavy (non-hydrogen) atoms. The third-order valence-electron chi connectivity index (χ3n) is 6.52. The van der Waals surface area contributed by atoms with Crippen LogP contribution in [0, 0.1) is 0 Å². The quantitative estimate of drug-likeness (QED) is 0.795. The maximum atomic E-state index is 6.24. The van der Waals surface area contributed by atoms with E-state index in [2.05, 4.69) is 34.5 Å². The van der Waals surface area contributed by atoms with Gasteiger partial charge in [0.05, 0.1) is 5.60 Å². The first-order valence-electron chi connectivity index (χ1n) is 10.2. The van der Waals surface area contributed by atoms with Gasteiger partial charge in [-0.25, -0.2) is 0 Å². The Balaban J connectivity index is 1.47. The topological polar surface area (TPSA) is 50.5 Å². The molecule has 0 amide bonds. The standard InChI is InChI=1S/C21H31N3OS/c22-15-16-4-6-17(7-5-16)20(26)23-18-8-10-21(9-3-13-25-21)14-19(18)24-11-1-2-12-24/h4-7,18-19H,1-3,8-15,22H2,(H,23,26). The van der Waals surface area contributed by atoms with Crippen LogP contribution in [0.25, 0.3) is 0 Å². The number of hydrogen-bond acceptors (Lipinski definition) is 4. The third kappa shape index (κ3) is 3.81. The number of rotatable bonds is 4. The molecule has 3 fully saturated rings. The molecule has 1 aromatic carbocycles. The first-order chi connectivity index (χ1) is 12.7.